The average Bonchev–Trinajstić information content (AvgIpc) is 3.28. The van der Waals surface area contributed by atoms with Crippen LogP contribution in [0.3, 0.4) is 0 Å². The van der Waals surface area contributed by atoms with Gasteiger partial charge in [-0.2, -0.15) is 15.3 Å². The third kappa shape index (κ3) is 14.2. The Labute approximate surface area is 490 Å². The van der Waals surface area contributed by atoms with Crippen molar-refractivity contribution < 1.29 is 171 Å². The van der Waals surface area contributed by atoms with Crippen LogP contribution in [0, 0.1) is 27.2 Å². The number of nitrogens with one attached hydrogen (secondary N) is 1. The van der Waals surface area contributed by atoms with Gasteiger partial charge in [0.15, 0.2) is 0 Å². The fourth-order valence-corrected chi connectivity index (χ4v) is 8.99. The van der Waals surface area contributed by atoms with Crippen LogP contribution in [0.25, 0.3) is 32.3 Å². The van der Waals surface area contributed by atoms with Gasteiger partial charge in [0.1, 0.15) is 20.2 Å². The predicted molar refractivity (Wildman–Crippen MR) is 236 cm³/mol. The molecule has 0 amide bonds. The van der Waals surface area contributed by atoms with Gasteiger partial charge in [0.2, 0.25) is 0 Å². The van der Waals surface area contributed by atoms with E-state index in [0.717, 1.165) is 54.1 Å². The number of sulfonamides is 1. The number of aryl methyl sites for hydroxylation is 1. The van der Waals surface area contributed by atoms with E-state index in [1.165, 1.54) is 30.3 Å². The van der Waals surface area contributed by atoms with Crippen LogP contribution in [0.15, 0.2) is 163 Å². The summed E-state index contributed by atoms with van der Waals surface area (Å²) < 4.78 is 98.2. The second kappa shape index (κ2) is 24.9. The van der Waals surface area contributed by atoms with Crippen LogP contribution in [-0.4, -0.2) is 44.2 Å². The van der Waals surface area contributed by atoms with Crippen LogP contribution in [0.5, 0.6) is 23.0 Å². The number of hydrogen-bond acceptors (Lipinski definition) is 20. The van der Waals surface area contributed by atoms with E-state index in [9.17, 15) is 75.0 Å². The van der Waals surface area contributed by atoms with Gasteiger partial charge in [0.25, 0.3) is 21.4 Å². The van der Waals surface area contributed by atoms with Gasteiger partial charge >= 0.3 is 106 Å². The number of rotatable bonds is 11. The molecule has 1 radical (unpaired) electrons. The van der Waals surface area contributed by atoms with Gasteiger partial charge in [-0.3, -0.25) is 25.0 Å². The first-order valence-electron chi connectivity index (χ1n) is 19.1. The number of nitro groups is 2. The maximum atomic E-state index is 13.2. The molecule has 23 nitrogen and oxygen atoms in total. The topological polar surface area (TPSA) is 389 Å². The number of non-ortho nitro benzene ring substituents is 2. The van der Waals surface area contributed by atoms with Crippen molar-refractivity contribution >= 4 is 102 Å². The Hall–Kier alpha value is -5.16. The summed E-state index contributed by atoms with van der Waals surface area (Å²) >= 11 is 0. The van der Waals surface area contributed by atoms with E-state index >= 15 is 0 Å². The first-order valence-corrected chi connectivity index (χ1v) is 23.4. The van der Waals surface area contributed by atoms with Crippen LogP contribution in [0.1, 0.15) is 5.56 Å². The number of nitrogens with zero attached hydrogens (tertiary/aromatic N) is 6. The van der Waals surface area contributed by atoms with Gasteiger partial charge in [-0.1, -0.05) is 89.2 Å². The minimum absolute atomic E-state index is 0. The van der Waals surface area contributed by atoms with Crippen LogP contribution in [0.4, 0.5) is 39.8 Å². The van der Waals surface area contributed by atoms with Gasteiger partial charge in [-0.05, 0) is 65.5 Å². The summed E-state index contributed by atoms with van der Waals surface area (Å²) in [6.07, 6.45) is 0. The molecule has 0 aliphatic heterocycles. The second-order valence-electron chi connectivity index (χ2n) is 14.5. The Morgan fingerprint density at radius 3 is 1.66 bits per heavy atom. The van der Waals surface area contributed by atoms with E-state index in [-0.39, 0.29) is 150 Å². The monoisotopic (exact) mass is 1110 g/mol. The van der Waals surface area contributed by atoms with Gasteiger partial charge in [0, 0.05) is 46.1 Å². The molecule has 0 bridgehead atoms. The molecule has 0 heterocycles. The third-order valence-corrected chi connectivity index (χ3v) is 13.0. The second-order valence-corrected chi connectivity index (χ2v) is 18.8. The maximum absolute atomic E-state index is 13.2. The maximum Gasteiger partial charge on any atom is 3.00 e. The quantitative estimate of drug-likeness (QED) is 0.0468. The number of hydrogen-bond donors (Lipinski definition) is 1. The molecule has 30 heteroatoms. The molecule has 0 aromatic heterocycles. The van der Waals surface area contributed by atoms with E-state index < -0.39 is 95.6 Å². The van der Waals surface area contributed by atoms with Gasteiger partial charge in [0.05, 0.1) is 47.3 Å². The molecule has 0 aliphatic carbocycles. The van der Waals surface area contributed by atoms with Gasteiger partial charge < -0.3 is 29.5 Å². The SMILES string of the molecule is Cc1ccc(S(=O)(=O)Nc2ccc3cc(S(=O)(=O)[O-])c(N=Nc4cc([N+](=O)[O-])ccc4[O-])c([O-])c3c2)cc1.O=[N+]([O-])c1ccc2c(N=Nc3c([O-])ccc4ccccc34)c([O-])cc(S(=O)(=O)[O-])c2c1.[Cr+3].[Na+].[Na+].[Na+]. The Bertz CT molecular complexity index is 3880. The van der Waals surface area contributed by atoms with Crippen LogP contribution in [-0.2, 0) is 47.6 Å². The number of azo groups is 2. The number of benzene rings is 8. The number of fused-ring (bicyclic) bond motifs is 3. The molecule has 0 spiro atoms. The molecular formula is C43H25CrN7Na3O16S3. The van der Waals surface area contributed by atoms with Gasteiger partial charge in [-0.15, -0.1) is 5.11 Å². The fourth-order valence-electron chi connectivity index (χ4n) is 6.61. The largest absolute Gasteiger partial charge is 3.00 e. The van der Waals surface area contributed by atoms with Crippen molar-refractivity contribution in [1.29, 1.82) is 0 Å². The van der Waals surface area contributed by atoms with Gasteiger partial charge in [-0.25, -0.2) is 25.3 Å². The zero-order valence-electron chi connectivity index (χ0n) is 38.0. The van der Waals surface area contributed by atoms with Crippen LogP contribution < -0.4 is 114 Å². The molecule has 0 aliphatic rings. The summed E-state index contributed by atoms with van der Waals surface area (Å²) in [5, 5.41) is 87.3. The smallest absolute Gasteiger partial charge is 0.871 e. The Kier molecular flexibility index (Phi) is 21.2. The van der Waals surface area contributed by atoms with Crippen LogP contribution in [0.2, 0.25) is 0 Å². The minimum atomic E-state index is -5.26. The Morgan fingerprint density at radius 2 is 1.04 bits per heavy atom. The van der Waals surface area contributed by atoms with E-state index in [2.05, 4.69) is 25.2 Å². The predicted octanol–water partition coefficient (Wildman–Crippen LogP) is -2.30. The van der Waals surface area contributed by atoms with E-state index in [1.807, 2.05) is 0 Å². The molecule has 73 heavy (non-hydrogen) atoms. The van der Waals surface area contributed by atoms with Crippen molar-refractivity contribution in [3.63, 3.8) is 0 Å². The summed E-state index contributed by atoms with van der Waals surface area (Å²) in [4.78, 5) is 18.5. The molecule has 0 fully saturated rings. The van der Waals surface area contributed by atoms with E-state index in [0.29, 0.717) is 16.8 Å². The molecule has 8 aromatic rings. The molecule has 1 N–H and O–H groups in total. The van der Waals surface area contributed by atoms with Crippen molar-refractivity contribution in [2.75, 3.05) is 4.72 Å². The summed E-state index contributed by atoms with van der Waals surface area (Å²) in [6, 6.07) is 26.3. The molecule has 0 saturated heterocycles. The zero-order valence-corrected chi connectivity index (χ0v) is 47.7. The Morgan fingerprint density at radius 1 is 0.493 bits per heavy atom. The summed E-state index contributed by atoms with van der Waals surface area (Å²) in [7, 11) is -14.4. The summed E-state index contributed by atoms with van der Waals surface area (Å²) in [6.45, 7) is 1.78. The fraction of sp³-hybridized carbons (Fsp3) is 0.0233. The van der Waals surface area contributed by atoms with E-state index in [4.69, 9.17) is 0 Å². The van der Waals surface area contributed by atoms with Crippen molar-refractivity contribution in [3.8, 4) is 23.0 Å². The summed E-state index contributed by atoms with van der Waals surface area (Å²) in [5.74, 6) is -3.30. The number of anilines is 1. The van der Waals surface area contributed by atoms with Crippen molar-refractivity contribution in [2.24, 2.45) is 20.5 Å². The minimum Gasteiger partial charge on any atom is -0.871 e. The molecule has 355 valence electrons. The molecular weight excluding hydrogens is 1090 g/mol. The standard InChI is InChI=1S/C23H18N4O9S2.C20H13N3O7S.Cr.3Na/c1-13-2-7-17(8-3-13)37(32,33)26-15-5-4-14-10-21(38(34,35)36)22(23(29)18(14)11-15)25-24-19-12-16(27(30)31)6-9-20(19)28;24-16-8-5-11-3-1-2-4-13(11)19(16)21-22-20-14-7-6-12(23(26)27)9-15(14)18(10-17(20)25)31(28,29)30;;;;/h2-12,26,28-29H,1H3,(H,34,35,36);1-10,24-25H,(H,28,29,30);;;;/q;;+3;3*+1/p-6. The Balaban J connectivity index is 0.000000371. The first kappa shape index (κ1) is 62.1. The van der Waals surface area contributed by atoms with E-state index in [1.54, 1.807) is 49.4 Å². The number of nitro benzene ring substituents is 2. The zero-order chi connectivity index (χ0) is 50.2. The molecule has 0 saturated carbocycles. The molecule has 0 atom stereocenters. The first-order chi connectivity index (χ1) is 32.4. The molecule has 0 unspecified atom stereocenters. The average molecular weight is 1110 g/mol. The molecule has 8 aromatic carbocycles. The van der Waals surface area contributed by atoms with Crippen molar-refractivity contribution in [2.45, 2.75) is 21.6 Å². The van der Waals surface area contributed by atoms with Crippen molar-refractivity contribution in [1.82, 2.24) is 0 Å². The molecule has 8 rings (SSSR count). The van der Waals surface area contributed by atoms with Crippen molar-refractivity contribution in [3.05, 3.63) is 153 Å². The normalized spacial score (nSPS) is 11.4. The summed E-state index contributed by atoms with van der Waals surface area (Å²) in [5.41, 5.74) is -2.11. The van der Waals surface area contributed by atoms with Crippen LogP contribution >= 0.6 is 0 Å². The third-order valence-electron chi connectivity index (χ3n) is 9.91.